The molecule has 2 amide bonds. The molecule has 1 aliphatic heterocycles. The molecular weight excluding hydrogens is 401 g/mol. The number of anilines is 1. The molecular formula is C21H19F3N2O4. The van der Waals surface area contributed by atoms with E-state index in [2.05, 4.69) is 5.32 Å². The Labute approximate surface area is 170 Å². The molecule has 2 aromatic rings. The summed E-state index contributed by atoms with van der Waals surface area (Å²) in [5.74, 6) is -2.34. The molecule has 1 aliphatic rings. The van der Waals surface area contributed by atoms with Crippen LogP contribution in [0.3, 0.4) is 0 Å². The number of likely N-dealkylation sites (tertiary alicyclic amines) is 1. The first-order valence-corrected chi connectivity index (χ1v) is 9.18. The molecule has 3 rings (SSSR count). The molecule has 0 unspecified atom stereocenters. The van der Waals surface area contributed by atoms with Crippen molar-refractivity contribution in [2.24, 2.45) is 5.92 Å². The zero-order valence-electron chi connectivity index (χ0n) is 15.8. The zero-order chi connectivity index (χ0) is 21.7. The number of carbonyl (C=O) groups excluding carboxylic acids is 3. The van der Waals surface area contributed by atoms with Gasteiger partial charge in [0.15, 0.2) is 6.61 Å². The van der Waals surface area contributed by atoms with E-state index in [9.17, 15) is 27.6 Å². The first kappa shape index (κ1) is 21.4. The minimum atomic E-state index is -4.53. The quantitative estimate of drug-likeness (QED) is 0.728. The third-order valence-electron chi connectivity index (χ3n) is 4.58. The summed E-state index contributed by atoms with van der Waals surface area (Å²) in [6.45, 7) is -0.0975. The van der Waals surface area contributed by atoms with Gasteiger partial charge >= 0.3 is 12.1 Å². The second kappa shape index (κ2) is 8.98. The van der Waals surface area contributed by atoms with Gasteiger partial charge in [-0.15, -0.1) is 0 Å². The van der Waals surface area contributed by atoms with Crippen LogP contribution in [0.4, 0.5) is 18.9 Å². The van der Waals surface area contributed by atoms with E-state index >= 15 is 0 Å². The highest BCUT2D eigenvalue weighted by molar-refractivity contribution is 5.93. The SMILES string of the molecule is O=C(COC(=O)[C@@H]1CC(=O)N(Cc2ccccc2)C1)Nc1cccc(C(F)(F)F)c1. The van der Waals surface area contributed by atoms with Gasteiger partial charge in [0.1, 0.15) is 0 Å². The highest BCUT2D eigenvalue weighted by atomic mass is 19.4. The van der Waals surface area contributed by atoms with Gasteiger partial charge in [0.2, 0.25) is 5.91 Å². The van der Waals surface area contributed by atoms with Crippen molar-refractivity contribution in [2.75, 3.05) is 18.5 Å². The van der Waals surface area contributed by atoms with Crippen molar-refractivity contribution in [3.05, 3.63) is 65.7 Å². The molecule has 6 nitrogen and oxygen atoms in total. The maximum absolute atomic E-state index is 12.7. The van der Waals surface area contributed by atoms with Gasteiger partial charge in [-0.1, -0.05) is 36.4 Å². The Morgan fingerprint density at radius 3 is 2.53 bits per heavy atom. The monoisotopic (exact) mass is 420 g/mol. The van der Waals surface area contributed by atoms with Crippen molar-refractivity contribution in [1.29, 1.82) is 0 Å². The van der Waals surface area contributed by atoms with Crippen molar-refractivity contribution in [1.82, 2.24) is 4.90 Å². The predicted molar refractivity (Wildman–Crippen MR) is 101 cm³/mol. The summed E-state index contributed by atoms with van der Waals surface area (Å²) in [5, 5.41) is 2.26. The normalized spacial score (nSPS) is 16.4. The fourth-order valence-electron chi connectivity index (χ4n) is 3.11. The van der Waals surface area contributed by atoms with Crippen molar-refractivity contribution < 1.29 is 32.3 Å². The van der Waals surface area contributed by atoms with E-state index in [-0.39, 0.29) is 24.6 Å². The Morgan fingerprint density at radius 1 is 1.10 bits per heavy atom. The Balaban J connectivity index is 1.48. The van der Waals surface area contributed by atoms with Crippen LogP contribution in [-0.2, 0) is 31.8 Å². The Hall–Kier alpha value is -3.36. The number of amides is 2. The van der Waals surface area contributed by atoms with Crippen LogP contribution in [0.5, 0.6) is 0 Å². The third kappa shape index (κ3) is 5.59. The Bertz CT molecular complexity index is 931. The van der Waals surface area contributed by atoms with Crippen molar-refractivity contribution in [3.63, 3.8) is 0 Å². The highest BCUT2D eigenvalue weighted by Gasteiger charge is 2.35. The summed E-state index contributed by atoms with van der Waals surface area (Å²) in [6.07, 6.45) is -4.55. The summed E-state index contributed by atoms with van der Waals surface area (Å²) in [6, 6.07) is 13.4. The Morgan fingerprint density at radius 2 is 1.83 bits per heavy atom. The maximum Gasteiger partial charge on any atom is 0.416 e. The molecule has 30 heavy (non-hydrogen) atoms. The van der Waals surface area contributed by atoms with Crippen molar-refractivity contribution in [3.8, 4) is 0 Å². The number of halogens is 3. The first-order valence-electron chi connectivity index (χ1n) is 9.18. The van der Waals surface area contributed by atoms with E-state index in [0.29, 0.717) is 6.54 Å². The van der Waals surface area contributed by atoms with E-state index < -0.39 is 36.1 Å². The maximum atomic E-state index is 12.7. The minimum Gasteiger partial charge on any atom is -0.455 e. The average Bonchev–Trinajstić information content (AvgIpc) is 3.07. The standard InChI is InChI=1S/C21H19F3N2O4/c22-21(23,24)16-7-4-8-17(10-16)25-18(27)13-30-20(29)15-9-19(28)26(12-15)11-14-5-2-1-3-6-14/h1-8,10,15H,9,11-13H2,(H,25,27)/t15-/m1/s1. The lowest BCUT2D eigenvalue weighted by Gasteiger charge is -2.16. The van der Waals surface area contributed by atoms with Crippen LogP contribution in [0.1, 0.15) is 17.5 Å². The van der Waals surface area contributed by atoms with Gasteiger partial charge in [-0.2, -0.15) is 13.2 Å². The van der Waals surface area contributed by atoms with E-state index in [4.69, 9.17) is 4.74 Å². The zero-order valence-corrected chi connectivity index (χ0v) is 15.8. The summed E-state index contributed by atoms with van der Waals surface area (Å²) in [7, 11) is 0. The van der Waals surface area contributed by atoms with Crippen molar-refractivity contribution >= 4 is 23.5 Å². The lowest BCUT2D eigenvalue weighted by Crippen LogP contribution is -2.28. The number of esters is 1. The molecule has 9 heteroatoms. The number of ether oxygens (including phenoxy) is 1. The molecule has 1 saturated heterocycles. The van der Waals surface area contributed by atoms with Gasteiger partial charge < -0.3 is 15.0 Å². The van der Waals surface area contributed by atoms with Crippen molar-refractivity contribution in [2.45, 2.75) is 19.1 Å². The van der Waals surface area contributed by atoms with E-state index in [0.717, 1.165) is 23.8 Å². The molecule has 158 valence electrons. The number of benzene rings is 2. The average molecular weight is 420 g/mol. The molecule has 0 bridgehead atoms. The molecule has 0 aromatic heterocycles. The molecule has 1 fully saturated rings. The lowest BCUT2D eigenvalue weighted by molar-refractivity contribution is -0.151. The van der Waals surface area contributed by atoms with Gasteiger partial charge in [0.05, 0.1) is 11.5 Å². The fraction of sp³-hybridized carbons (Fsp3) is 0.286. The summed E-state index contributed by atoms with van der Waals surface area (Å²) >= 11 is 0. The van der Waals surface area contributed by atoms with Crippen LogP contribution < -0.4 is 5.32 Å². The van der Waals surface area contributed by atoms with E-state index in [1.165, 1.54) is 6.07 Å². The smallest absolute Gasteiger partial charge is 0.416 e. The summed E-state index contributed by atoms with van der Waals surface area (Å²) < 4.78 is 43.1. The van der Waals surface area contributed by atoms with Crippen LogP contribution in [0.25, 0.3) is 0 Å². The molecule has 0 radical (unpaired) electrons. The molecule has 0 saturated carbocycles. The third-order valence-corrected chi connectivity index (χ3v) is 4.58. The highest BCUT2D eigenvalue weighted by Crippen LogP contribution is 2.30. The van der Waals surface area contributed by atoms with Gasteiger partial charge in [0, 0.05) is 25.2 Å². The molecule has 0 aliphatic carbocycles. The molecule has 1 atom stereocenters. The number of nitrogens with one attached hydrogen (secondary N) is 1. The molecule has 0 spiro atoms. The Kier molecular flexibility index (Phi) is 6.39. The number of nitrogens with zero attached hydrogens (tertiary/aromatic N) is 1. The van der Waals surface area contributed by atoms with Gasteiger partial charge in [0.25, 0.3) is 5.91 Å². The fourth-order valence-corrected chi connectivity index (χ4v) is 3.11. The van der Waals surface area contributed by atoms with Crippen LogP contribution in [-0.4, -0.2) is 35.8 Å². The second-order valence-electron chi connectivity index (χ2n) is 6.90. The number of rotatable bonds is 6. The lowest BCUT2D eigenvalue weighted by atomic mass is 10.1. The van der Waals surface area contributed by atoms with Crippen LogP contribution in [0.2, 0.25) is 0 Å². The number of hydrogen-bond donors (Lipinski definition) is 1. The molecule has 1 N–H and O–H groups in total. The number of alkyl halides is 3. The number of hydrogen-bond acceptors (Lipinski definition) is 4. The number of carbonyl (C=O) groups is 3. The topological polar surface area (TPSA) is 75.7 Å². The molecule has 2 aromatic carbocycles. The van der Waals surface area contributed by atoms with Gasteiger partial charge in [-0.25, -0.2) is 0 Å². The van der Waals surface area contributed by atoms with Crippen LogP contribution in [0.15, 0.2) is 54.6 Å². The van der Waals surface area contributed by atoms with Crippen LogP contribution in [0, 0.1) is 5.92 Å². The summed E-state index contributed by atoms with van der Waals surface area (Å²) in [4.78, 5) is 37.8. The van der Waals surface area contributed by atoms with Crippen LogP contribution >= 0.6 is 0 Å². The van der Waals surface area contributed by atoms with E-state index in [1.54, 1.807) is 4.90 Å². The van der Waals surface area contributed by atoms with Gasteiger partial charge in [-0.3, -0.25) is 14.4 Å². The first-order chi connectivity index (χ1) is 14.2. The summed E-state index contributed by atoms with van der Waals surface area (Å²) in [5.41, 5.74) is -0.0310. The van der Waals surface area contributed by atoms with E-state index in [1.807, 2.05) is 30.3 Å². The predicted octanol–water partition coefficient (Wildman–Crippen LogP) is 3.24. The van der Waals surface area contributed by atoms with Gasteiger partial charge in [-0.05, 0) is 23.8 Å². The minimum absolute atomic E-state index is 0.0130. The molecule has 1 heterocycles. The largest absolute Gasteiger partial charge is 0.455 e. The second-order valence-corrected chi connectivity index (χ2v) is 6.90.